The third-order valence-corrected chi connectivity index (χ3v) is 5.59. The first-order valence-electron chi connectivity index (χ1n) is 11.0. The van der Waals surface area contributed by atoms with E-state index in [0.717, 1.165) is 40.9 Å². The second kappa shape index (κ2) is 9.16. The molecule has 0 amide bonds. The Labute approximate surface area is 182 Å². The van der Waals surface area contributed by atoms with Gasteiger partial charge in [-0.1, -0.05) is 56.0 Å². The van der Waals surface area contributed by atoms with Gasteiger partial charge in [-0.25, -0.2) is 14.7 Å². The Morgan fingerprint density at radius 2 is 1.81 bits per heavy atom. The minimum absolute atomic E-state index is 0.115. The quantitative estimate of drug-likeness (QED) is 0.306. The number of nitrogens with one attached hydrogen (secondary N) is 1. The second-order valence-electron chi connectivity index (χ2n) is 8.00. The van der Waals surface area contributed by atoms with E-state index >= 15 is 0 Å². The Morgan fingerprint density at radius 3 is 2.58 bits per heavy atom. The molecule has 6 nitrogen and oxygen atoms in total. The number of fused-ring (bicyclic) bond motifs is 1. The van der Waals surface area contributed by atoms with Gasteiger partial charge in [0.05, 0.1) is 22.3 Å². The lowest BCUT2D eigenvalue weighted by molar-refractivity contribution is 0.593. The standard InChI is InChI=1S/C25H29N5O/c1-4-5-6-9-16-29-23-11-8-7-10-22(23)27-25(29)26-17-21-19(3)28-30(24(21)31)20-14-12-18(2)13-15-20/h7-8,10-15,17,28H,4-6,9,16H2,1-3H3/b26-17+. The SMILES string of the molecule is CCCCCCn1c(/N=C/c2c(C)[nH]n(-c3ccc(C)cc3)c2=O)nc2ccccc21. The van der Waals surface area contributed by atoms with Crippen LogP contribution in [0, 0.1) is 13.8 Å². The third kappa shape index (κ3) is 4.38. The van der Waals surface area contributed by atoms with Gasteiger partial charge in [0, 0.05) is 18.5 Å². The number of unbranched alkanes of at least 4 members (excludes halogenated alkanes) is 3. The lowest BCUT2D eigenvalue weighted by Crippen LogP contribution is -2.17. The molecule has 0 aliphatic heterocycles. The van der Waals surface area contributed by atoms with Gasteiger partial charge in [0.2, 0.25) is 5.95 Å². The number of benzene rings is 2. The molecular weight excluding hydrogens is 386 g/mol. The summed E-state index contributed by atoms with van der Waals surface area (Å²) in [6.07, 6.45) is 6.34. The van der Waals surface area contributed by atoms with Crippen molar-refractivity contribution in [1.29, 1.82) is 0 Å². The van der Waals surface area contributed by atoms with Gasteiger partial charge in [-0.15, -0.1) is 0 Å². The molecule has 0 unspecified atom stereocenters. The van der Waals surface area contributed by atoms with Crippen molar-refractivity contribution in [2.24, 2.45) is 4.99 Å². The fraction of sp³-hybridized carbons (Fsp3) is 0.320. The van der Waals surface area contributed by atoms with Crippen LogP contribution in [0.4, 0.5) is 5.95 Å². The monoisotopic (exact) mass is 415 g/mol. The number of H-pyrrole nitrogens is 1. The molecule has 0 saturated carbocycles. The molecule has 1 N–H and O–H groups in total. The minimum Gasteiger partial charge on any atom is -0.308 e. The summed E-state index contributed by atoms with van der Waals surface area (Å²) in [5, 5.41) is 3.16. The number of aryl methyl sites for hydroxylation is 3. The number of para-hydroxylation sites is 2. The fourth-order valence-electron chi connectivity index (χ4n) is 3.79. The molecule has 0 aliphatic rings. The van der Waals surface area contributed by atoms with Crippen LogP contribution in [0.1, 0.15) is 49.4 Å². The Bertz CT molecular complexity index is 1260. The fourth-order valence-corrected chi connectivity index (χ4v) is 3.79. The first kappa shape index (κ1) is 20.8. The average molecular weight is 416 g/mol. The van der Waals surface area contributed by atoms with Crippen molar-refractivity contribution in [3.63, 3.8) is 0 Å². The number of aromatic amines is 1. The van der Waals surface area contributed by atoms with E-state index in [1.54, 1.807) is 10.9 Å². The van der Waals surface area contributed by atoms with E-state index in [1.807, 2.05) is 56.3 Å². The number of rotatable bonds is 8. The van der Waals surface area contributed by atoms with Crippen molar-refractivity contribution in [3.05, 3.63) is 75.7 Å². The molecule has 0 radical (unpaired) electrons. The van der Waals surface area contributed by atoms with Gasteiger partial charge in [0.15, 0.2) is 0 Å². The highest BCUT2D eigenvalue weighted by molar-refractivity contribution is 5.84. The van der Waals surface area contributed by atoms with Crippen molar-refractivity contribution < 1.29 is 0 Å². The zero-order chi connectivity index (χ0) is 21.8. The largest absolute Gasteiger partial charge is 0.308 e. The number of hydrogen-bond donors (Lipinski definition) is 1. The predicted molar refractivity (Wildman–Crippen MR) is 127 cm³/mol. The Hall–Kier alpha value is -3.41. The highest BCUT2D eigenvalue weighted by atomic mass is 16.1. The first-order valence-corrected chi connectivity index (χ1v) is 11.0. The first-order chi connectivity index (χ1) is 15.1. The van der Waals surface area contributed by atoms with Crippen LogP contribution >= 0.6 is 0 Å². The van der Waals surface area contributed by atoms with E-state index in [0.29, 0.717) is 11.5 Å². The lowest BCUT2D eigenvalue weighted by atomic mass is 10.2. The average Bonchev–Trinajstić information content (AvgIpc) is 3.27. The summed E-state index contributed by atoms with van der Waals surface area (Å²) >= 11 is 0. The van der Waals surface area contributed by atoms with Gasteiger partial charge >= 0.3 is 0 Å². The van der Waals surface area contributed by atoms with E-state index in [-0.39, 0.29) is 5.56 Å². The van der Waals surface area contributed by atoms with E-state index in [4.69, 9.17) is 4.98 Å². The molecular formula is C25H29N5O. The van der Waals surface area contributed by atoms with Crippen LogP contribution in [-0.2, 0) is 6.54 Å². The van der Waals surface area contributed by atoms with Gasteiger partial charge in [0.25, 0.3) is 5.56 Å². The Kier molecular flexibility index (Phi) is 6.16. The predicted octanol–water partition coefficient (Wildman–Crippen LogP) is 5.46. The minimum atomic E-state index is -0.115. The summed E-state index contributed by atoms with van der Waals surface area (Å²) in [5.74, 6) is 0.639. The summed E-state index contributed by atoms with van der Waals surface area (Å²) in [6.45, 7) is 7.00. The normalized spacial score (nSPS) is 11.7. The Morgan fingerprint density at radius 1 is 1.03 bits per heavy atom. The summed E-state index contributed by atoms with van der Waals surface area (Å²) in [6, 6.07) is 15.9. The second-order valence-corrected chi connectivity index (χ2v) is 8.00. The number of aromatic nitrogens is 4. The maximum atomic E-state index is 13.0. The molecule has 4 aromatic rings. The van der Waals surface area contributed by atoms with Gasteiger partial charge in [-0.2, -0.15) is 0 Å². The van der Waals surface area contributed by atoms with Crippen LogP contribution in [-0.4, -0.2) is 25.5 Å². The van der Waals surface area contributed by atoms with Gasteiger partial charge in [0.1, 0.15) is 0 Å². The van der Waals surface area contributed by atoms with Crippen molar-refractivity contribution in [2.75, 3.05) is 0 Å². The van der Waals surface area contributed by atoms with Gasteiger partial charge in [-0.3, -0.25) is 9.89 Å². The zero-order valence-electron chi connectivity index (χ0n) is 18.4. The third-order valence-electron chi connectivity index (χ3n) is 5.59. The van der Waals surface area contributed by atoms with Crippen LogP contribution in [0.15, 0.2) is 58.3 Å². The maximum Gasteiger partial charge on any atom is 0.280 e. The number of hydrogen-bond acceptors (Lipinski definition) is 3. The number of imidazole rings is 1. The van der Waals surface area contributed by atoms with Crippen LogP contribution < -0.4 is 5.56 Å². The molecule has 0 atom stereocenters. The molecule has 31 heavy (non-hydrogen) atoms. The van der Waals surface area contributed by atoms with E-state index in [1.165, 1.54) is 19.3 Å². The molecule has 4 rings (SSSR count). The van der Waals surface area contributed by atoms with E-state index in [9.17, 15) is 4.79 Å². The van der Waals surface area contributed by atoms with E-state index in [2.05, 4.69) is 27.6 Å². The van der Waals surface area contributed by atoms with Crippen molar-refractivity contribution in [1.82, 2.24) is 19.3 Å². The highest BCUT2D eigenvalue weighted by Crippen LogP contribution is 2.23. The molecule has 2 aromatic carbocycles. The van der Waals surface area contributed by atoms with Crippen LogP contribution in [0.5, 0.6) is 0 Å². The van der Waals surface area contributed by atoms with Crippen molar-refractivity contribution in [2.45, 2.75) is 53.0 Å². The topological polar surface area (TPSA) is 68.0 Å². The summed E-state index contributed by atoms with van der Waals surface area (Å²) in [5.41, 5.74) is 5.17. The van der Waals surface area contributed by atoms with Crippen LogP contribution in [0.2, 0.25) is 0 Å². The van der Waals surface area contributed by atoms with Crippen molar-refractivity contribution >= 4 is 23.2 Å². The van der Waals surface area contributed by atoms with Crippen molar-refractivity contribution in [3.8, 4) is 5.69 Å². The van der Waals surface area contributed by atoms with Crippen LogP contribution in [0.3, 0.4) is 0 Å². The zero-order valence-corrected chi connectivity index (χ0v) is 18.4. The molecule has 0 aliphatic carbocycles. The molecule has 0 fully saturated rings. The van der Waals surface area contributed by atoms with E-state index < -0.39 is 0 Å². The maximum absolute atomic E-state index is 13.0. The molecule has 2 aromatic heterocycles. The number of aliphatic imine (C=N–C) groups is 1. The lowest BCUT2D eigenvalue weighted by Gasteiger charge is -2.06. The molecule has 0 spiro atoms. The molecule has 2 heterocycles. The molecule has 160 valence electrons. The smallest absolute Gasteiger partial charge is 0.280 e. The van der Waals surface area contributed by atoms with Crippen LogP contribution in [0.25, 0.3) is 16.7 Å². The highest BCUT2D eigenvalue weighted by Gasteiger charge is 2.13. The molecule has 6 heteroatoms. The molecule has 0 bridgehead atoms. The summed E-state index contributed by atoms with van der Waals surface area (Å²) in [4.78, 5) is 22.4. The number of nitrogens with zero attached hydrogens (tertiary/aromatic N) is 4. The van der Waals surface area contributed by atoms with Gasteiger partial charge < -0.3 is 4.57 Å². The van der Waals surface area contributed by atoms with Gasteiger partial charge in [-0.05, 0) is 44.5 Å². The summed E-state index contributed by atoms with van der Waals surface area (Å²) < 4.78 is 3.71. The summed E-state index contributed by atoms with van der Waals surface area (Å²) in [7, 11) is 0. The Balaban J connectivity index is 1.67. The molecule has 0 saturated heterocycles.